The summed E-state index contributed by atoms with van der Waals surface area (Å²) in [5.74, 6) is 0.880. The fourth-order valence-corrected chi connectivity index (χ4v) is 3.86. The topological polar surface area (TPSA) is 33.7 Å². The molecule has 4 nitrogen and oxygen atoms in total. The highest BCUT2D eigenvalue weighted by Gasteiger charge is 2.42. The van der Waals surface area contributed by atoms with Crippen molar-refractivity contribution < 1.29 is 9.47 Å². The van der Waals surface area contributed by atoms with Crippen molar-refractivity contribution in [3.63, 3.8) is 0 Å². The molecular weight excluding hydrogens is 240 g/mol. The molecule has 0 radical (unpaired) electrons. The first-order valence-electron chi connectivity index (χ1n) is 7.90. The molecule has 0 aromatic rings. The Labute approximate surface area is 116 Å². The van der Waals surface area contributed by atoms with E-state index in [4.69, 9.17) is 9.47 Å². The lowest BCUT2D eigenvalue weighted by molar-refractivity contribution is -0.105. The molecule has 0 aliphatic carbocycles. The van der Waals surface area contributed by atoms with Gasteiger partial charge in [-0.2, -0.15) is 0 Å². The van der Waals surface area contributed by atoms with E-state index >= 15 is 0 Å². The van der Waals surface area contributed by atoms with Gasteiger partial charge in [0.2, 0.25) is 0 Å². The number of nitrogens with one attached hydrogen (secondary N) is 1. The molecule has 3 fully saturated rings. The normalized spacial score (nSPS) is 37.3. The summed E-state index contributed by atoms with van der Waals surface area (Å²) in [5.41, 5.74) is 0.0469. The third kappa shape index (κ3) is 3.30. The predicted molar refractivity (Wildman–Crippen MR) is 75.4 cm³/mol. The molecule has 1 spiro atoms. The minimum absolute atomic E-state index is 0.0469. The second-order valence-corrected chi connectivity index (χ2v) is 6.61. The monoisotopic (exact) mass is 268 g/mol. The molecule has 110 valence electrons. The molecule has 19 heavy (non-hydrogen) atoms. The maximum atomic E-state index is 6.04. The van der Waals surface area contributed by atoms with Gasteiger partial charge < -0.3 is 19.7 Å². The van der Waals surface area contributed by atoms with E-state index in [1.807, 2.05) is 0 Å². The van der Waals surface area contributed by atoms with E-state index in [1.165, 1.54) is 38.9 Å². The molecule has 0 aromatic heterocycles. The predicted octanol–water partition coefficient (Wildman–Crippen LogP) is 1.26. The molecule has 4 heteroatoms. The SMILES string of the molecule is CN(CC1CCNCC1)C1CCOC2(CCOC2)C1. The van der Waals surface area contributed by atoms with Gasteiger partial charge in [-0.1, -0.05) is 0 Å². The van der Waals surface area contributed by atoms with Crippen molar-refractivity contribution in [2.75, 3.05) is 46.5 Å². The average molecular weight is 268 g/mol. The van der Waals surface area contributed by atoms with Crippen molar-refractivity contribution in [2.45, 2.75) is 43.7 Å². The van der Waals surface area contributed by atoms with E-state index in [-0.39, 0.29) is 5.60 Å². The standard InChI is InChI=1S/C15H28N2O2/c1-17(11-13-2-6-16-7-3-13)14-4-8-19-15(10-14)5-9-18-12-15/h13-14,16H,2-12H2,1H3. The fraction of sp³-hybridized carbons (Fsp3) is 1.00. The van der Waals surface area contributed by atoms with Gasteiger partial charge >= 0.3 is 0 Å². The Kier molecular flexibility index (Phi) is 4.42. The highest BCUT2D eigenvalue weighted by atomic mass is 16.6. The highest BCUT2D eigenvalue weighted by molar-refractivity contribution is 4.93. The van der Waals surface area contributed by atoms with Gasteiger partial charge in [0.15, 0.2) is 0 Å². The molecule has 2 unspecified atom stereocenters. The zero-order chi connectivity index (χ0) is 13.1. The van der Waals surface area contributed by atoms with Crippen molar-refractivity contribution in [1.82, 2.24) is 10.2 Å². The van der Waals surface area contributed by atoms with Gasteiger partial charge in [0.1, 0.15) is 0 Å². The second-order valence-electron chi connectivity index (χ2n) is 6.61. The molecule has 2 atom stereocenters. The number of piperidine rings is 1. The molecular formula is C15H28N2O2. The van der Waals surface area contributed by atoms with Crippen LogP contribution in [0, 0.1) is 5.92 Å². The zero-order valence-electron chi connectivity index (χ0n) is 12.2. The van der Waals surface area contributed by atoms with Crippen LogP contribution in [0.3, 0.4) is 0 Å². The molecule has 0 bridgehead atoms. The smallest absolute Gasteiger partial charge is 0.0951 e. The summed E-state index contributed by atoms with van der Waals surface area (Å²) in [4.78, 5) is 2.60. The first kappa shape index (κ1) is 13.8. The summed E-state index contributed by atoms with van der Waals surface area (Å²) in [6, 6.07) is 0.685. The minimum atomic E-state index is 0.0469. The van der Waals surface area contributed by atoms with Crippen LogP contribution in [0.25, 0.3) is 0 Å². The lowest BCUT2D eigenvalue weighted by Crippen LogP contribution is -2.49. The lowest BCUT2D eigenvalue weighted by Gasteiger charge is -2.42. The summed E-state index contributed by atoms with van der Waals surface area (Å²) >= 11 is 0. The van der Waals surface area contributed by atoms with Crippen molar-refractivity contribution in [3.8, 4) is 0 Å². The number of rotatable bonds is 3. The summed E-state index contributed by atoms with van der Waals surface area (Å²) in [6.07, 6.45) is 6.10. The Bertz CT molecular complexity index is 286. The van der Waals surface area contributed by atoms with Gasteiger partial charge in [0.05, 0.1) is 12.2 Å². The van der Waals surface area contributed by atoms with E-state index < -0.39 is 0 Å². The Balaban J connectivity index is 1.52. The molecule has 1 N–H and O–H groups in total. The second kappa shape index (κ2) is 6.08. The fourth-order valence-electron chi connectivity index (χ4n) is 3.86. The van der Waals surface area contributed by atoms with E-state index in [2.05, 4.69) is 17.3 Å². The van der Waals surface area contributed by atoms with Gasteiger partial charge in [-0.05, 0) is 51.7 Å². The third-order valence-corrected chi connectivity index (χ3v) is 5.16. The van der Waals surface area contributed by atoms with Crippen LogP contribution in [0.2, 0.25) is 0 Å². The third-order valence-electron chi connectivity index (χ3n) is 5.16. The maximum Gasteiger partial charge on any atom is 0.0951 e. The Morgan fingerprint density at radius 3 is 2.79 bits per heavy atom. The van der Waals surface area contributed by atoms with Crippen LogP contribution in [0.1, 0.15) is 32.1 Å². The van der Waals surface area contributed by atoms with E-state index in [0.717, 1.165) is 38.6 Å². The van der Waals surface area contributed by atoms with E-state index in [1.54, 1.807) is 0 Å². The Hall–Kier alpha value is -0.160. The van der Waals surface area contributed by atoms with Crippen LogP contribution in [-0.2, 0) is 9.47 Å². The van der Waals surface area contributed by atoms with Crippen LogP contribution < -0.4 is 5.32 Å². The van der Waals surface area contributed by atoms with Crippen LogP contribution in [0.4, 0.5) is 0 Å². The summed E-state index contributed by atoms with van der Waals surface area (Å²) in [5, 5.41) is 3.45. The number of hydrogen-bond donors (Lipinski definition) is 1. The van der Waals surface area contributed by atoms with Gasteiger partial charge in [-0.25, -0.2) is 0 Å². The highest BCUT2D eigenvalue weighted by Crippen LogP contribution is 2.34. The number of nitrogens with zero attached hydrogens (tertiary/aromatic N) is 1. The minimum Gasteiger partial charge on any atom is -0.378 e. The van der Waals surface area contributed by atoms with Gasteiger partial charge in [-0.15, -0.1) is 0 Å². The Morgan fingerprint density at radius 1 is 1.21 bits per heavy atom. The first-order valence-corrected chi connectivity index (χ1v) is 7.90. The Morgan fingerprint density at radius 2 is 2.05 bits per heavy atom. The van der Waals surface area contributed by atoms with E-state index in [0.29, 0.717) is 6.04 Å². The van der Waals surface area contributed by atoms with Crippen molar-refractivity contribution in [3.05, 3.63) is 0 Å². The molecule has 3 aliphatic heterocycles. The molecule has 3 aliphatic rings. The van der Waals surface area contributed by atoms with Crippen LogP contribution in [0.15, 0.2) is 0 Å². The summed E-state index contributed by atoms with van der Waals surface area (Å²) in [6.45, 7) is 6.25. The van der Waals surface area contributed by atoms with E-state index in [9.17, 15) is 0 Å². The van der Waals surface area contributed by atoms with Gasteiger partial charge in [-0.3, -0.25) is 0 Å². The van der Waals surface area contributed by atoms with Crippen LogP contribution in [0.5, 0.6) is 0 Å². The van der Waals surface area contributed by atoms with Crippen molar-refractivity contribution in [1.29, 1.82) is 0 Å². The molecule has 0 aromatic carbocycles. The van der Waals surface area contributed by atoms with Crippen LogP contribution >= 0.6 is 0 Å². The number of ether oxygens (including phenoxy) is 2. The lowest BCUT2D eigenvalue weighted by atomic mass is 9.88. The van der Waals surface area contributed by atoms with Crippen molar-refractivity contribution in [2.24, 2.45) is 5.92 Å². The molecule has 0 amide bonds. The zero-order valence-corrected chi connectivity index (χ0v) is 12.2. The summed E-state index contributed by atoms with van der Waals surface area (Å²) < 4.78 is 11.6. The molecule has 0 saturated carbocycles. The maximum absolute atomic E-state index is 6.04. The van der Waals surface area contributed by atoms with Crippen LogP contribution in [-0.4, -0.2) is 63.0 Å². The largest absolute Gasteiger partial charge is 0.378 e. The summed E-state index contributed by atoms with van der Waals surface area (Å²) in [7, 11) is 2.31. The average Bonchev–Trinajstić information content (AvgIpc) is 2.88. The number of hydrogen-bond acceptors (Lipinski definition) is 4. The first-order chi connectivity index (χ1) is 9.27. The van der Waals surface area contributed by atoms with Crippen molar-refractivity contribution >= 4 is 0 Å². The quantitative estimate of drug-likeness (QED) is 0.835. The molecule has 3 saturated heterocycles. The molecule has 3 rings (SSSR count). The van der Waals surface area contributed by atoms with Gasteiger partial charge in [0.25, 0.3) is 0 Å². The van der Waals surface area contributed by atoms with Gasteiger partial charge in [0, 0.05) is 32.2 Å². The molecule has 3 heterocycles.